The summed E-state index contributed by atoms with van der Waals surface area (Å²) >= 11 is 5.93. The van der Waals surface area contributed by atoms with Gasteiger partial charge in [-0.1, -0.05) is 35.9 Å². The number of carbonyl (C=O) groups is 2. The third-order valence-electron chi connectivity index (χ3n) is 2.34. The third-order valence-corrected chi connectivity index (χ3v) is 2.63. The summed E-state index contributed by atoms with van der Waals surface area (Å²) in [5, 5.41) is 11.0. The maximum Gasteiger partial charge on any atom is 0.329 e. The van der Waals surface area contributed by atoms with Crippen LogP contribution >= 0.6 is 11.6 Å². The van der Waals surface area contributed by atoms with E-state index in [9.17, 15) is 14.7 Å². The molecule has 0 aliphatic heterocycles. The summed E-state index contributed by atoms with van der Waals surface area (Å²) in [5.41, 5.74) is 1.55. The Bertz CT molecular complexity index is 672. The number of rotatable bonds is 1. The minimum absolute atomic E-state index is 0.0707. The Morgan fingerprint density at radius 3 is 2.58 bits per heavy atom. The first kappa shape index (κ1) is 13.1. The molecule has 0 aliphatic rings. The summed E-state index contributed by atoms with van der Waals surface area (Å²) in [7, 11) is 0. The Kier molecular flexibility index (Phi) is 3.52. The number of carbonyl (C=O) groups excluding carboxylic acids is 2. The number of aromatic nitrogens is 1. The van der Waals surface area contributed by atoms with Crippen LogP contribution in [0, 0.1) is 0 Å². The summed E-state index contributed by atoms with van der Waals surface area (Å²) in [6.07, 6.45) is 0. The lowest BCUT2D eigenvalue weighted by atomic mass is 10.1. The topological polar surface area (TPSA) is 88.5 Å². The molecule has 19 heavy (non-hydrogen) atoms. The Balaban J connectivity index is 2.47. The van der Waals surface area contributed by atoms with Gasteiger partial charge >= 0.3 is 11.9 Å². The van der Waals surface area contributed by atoms with Crippen molar-refractivity contribution in [3.05, 3.63) is 35.1 Å². The van der Waals surface area contributed by atoms with Crippen LogP contribution in [0.15, 0.2) is 24.3 Å². The second-order valence-corrected chi connectivity index (χ2v) is 4.03. The molecule has 0 saturated heterocycles. The Morgan fingerprint density at radius 1 is 1.32 bits per heavy atom. The minimum atomic E-state index is -0.861. The number of hydrogen-bond acceptors (Lipinski definition) is 5. The van der Waals surface area contributed by atoms with Gasteiger partial charge in [-0.3, -0.25) is 9.59 Å². The van der Waals surface area contributed by atoms with Crippen molar-refractivity contribution >= 4 is 34.2 Å². The summed E-state index contributed by atoms with van der Waals surface area (Å²) in [5.74, 6) is -1.88. The van der Waals surface area contributed by atoms with Crippen LogP contribution < -0.4 is 5.48 Å². The average molecular weight is 281 g/mol. The zero-order chi connectivity index (χ0) is 14.0. The fraction of sp³-hybridized carbons (Fsp3) is 0.0833. The van der Waals surface area contributed by atoms with Crippen molar-refractivity contribution in [2.75, 3.05) is 0 Å². The van der Waals surface area contributed by atoms with Crippen LogP contribution in [0.2, 0.25) is 5.15 Å². The van der Waals surface area contributed by atoms with Crippen molar-refractivity contribution in [2.24, 2.45) is 0 Å². The van der Waals surface area contributed by atoms with E-state index in [0.717, 1.165) is 6.92 Å². The van der Waals surface area contributed by atoms with Gasteiger partial charge in [-0.2, -0.15) is 5.48 Å². The molecular formula is C12H9ClN2O4. The Morgan fingerprint density at radius 2 is 1.95 bits per heavy atom. The molecule has 7 heteroatoms. The van der Waals surface area contributed by atoms with E-state index in [1.165, 1.54) is 0 Å². The number of nitrogens with one attached hydrogen (secondary N) is 1. The summed E-state index contributed by atoms with van der Waals surface area (Å²) in [6.45, 7) is 1.13. The van der Waals surface area contributed by atoms with Crippen molar-refractivity contribution in [1.29, 1.82) is 0 Å². The van der Waals surface area contributed by atoms with Gasteiger partial charge in [-0.15, -0.1) is 0 Å². The molecule has 2 N–H and O–H groups in total. The first-order valence-corrected chi connectivity index (χ1v) is 5.63. The van der Waals surface area contributed by atoms with E-state index in [4.69, 9.17) is 11.6 Å². The van der Waals surface area contributed by atoms with Crippen LogP contribution in [-0.4, -0.2) is 22.0 Å². The van der Waals surface area contributed by atoms with E-state index in [1.54, 1.807) is 24.3 Å². The molecule has 0 unspecified atom stereocenters. The molecule has 0 bridgehead atoms. The number of aromatic hydroxyl groups is 1. The highest BCUT2D eigenvalue weighted by Crippen LogP contribution is 2.31. The second kappa shape index (κ2) is 5.11. The van der Waals surface area contributed by atoms with Crippen LogP contribution in [0.25, 0.3) is 10.8 Å². The largest absolute Gasteiger partial charge is 0.505 e. The normalized spacial score (nSPS) is 10.2. The Labute approximate surface area is 112 Å². The highest BCUT2D eigenvalue weighted by molar-refractivity contribution is 6.34. The van der Waals surface area contributed by atoms with Gasteiger partial charge in [0.05, 0.1) is 0 Å². The first-order valence-electron chi connectivity index (χ1n) is 5.25. The predicted molar refractivity (Wildman–Crippen MR) is 67.7 cm³/mol. The molecule has 0 aliphatic carbocycles. The predicted octanol–water partition coefficient (Wildman–Crippen LogP) is 1.80. The van der Waals surface area contributed by atoms with Crippen LogP contribution in [0.1, 0.15) is 17.4 Å². The van der Waals surface area contributed by atoms with Gasteiger partial charge in [-0.05, 0) is 0 Å². The van der Waals surface area contributed by atoms with Gasteiger partial charge in [0.15, 0.2) is 11.4 Å². The van der Waals surface area contributed by atoms with Crippen molar-refractivity contribution in [1.82, 2.24) is 10.5 Å². The van der Waals surface area contributed by atoms with Crippen LogP contribution in [0.4, 0.5) is 0 Å². The highest BCUT2D eigenvalue weighted by atomic mass is 35.5. The molecule has 98 valence electrons. The lowest BCUT2D eigenvalue weighted by Gasteiger charge is -2.08. The maximum atomic E-state index is 11.7. The molecule has 1 aromatic heterocycles. The molecule has 0 spiro atoms. The molecule has 2 aromatic rings. The third kappa shape index (κ3) is 2.58. The van der Waals surface area contributed by atoms with Gasteiger partial charge < -0.3 is 9.94 Å². The highest BCUT2D eigenvalue weighted by Gasteiger charge is 2.18. The van der Waals surface area contributed by atoms with E-state index in [-0.39, 0.29) is 16.6 Å². The number of hydrogen-bond donors (Lipinski definition) is 2. The lowest BCUT2D eigenvalue weighted by Crippen LogP contribution is -2.26. The lowest BCUT2D eigenvalue weighted by molar-refractivity contribution is -0.146. The summed E-state index contributed by atoms with van der Waals surface area (Å²) in [4.78, 5) is 30.4. The summed E-state index contributed by atoms with van der Waals surface area (Å²) < 4.78 is 0. The molecule has 2 rings (SSSR count). The molecule has 0 atom stereocenters. The Hall–Kier alpha value is -2.34. The summed E-state index contributed by atoms with van der Waals surface area (Å²) in [6, 6.07) is 6.68. The average Bonchev–Trinajstić information content (AvgIpc) is 2.40. The van der Waals surface area contributed by atoms with Gasteiger partial charge in [-0.25, -0.2) is 4.98 Å². The van der Waals surface area contributed by atoms with Crippen molar-refractivity contribution in [2.45, 2.75) is 6.92 Å². The quantitative estimate of drug-likeness (QED) is 0.614. The van der Waals surface area contributed by atoms with E-state index in [2.05, 4.69) is 9.82 Å². The fourth-order valence-electron chi connectivity index (χ4n) is 1.53. The number of nitrogens with zero attached hydrogens (tertiary/aromatic N) is 1. The van der Waals surface area contributed by atoms with Crippen LogP contribution in [0.3, 0.4) is 0 Å². The zero-order valence-electron chi connectivity index (χ0n) is 9.81. The standard InChI is InChI=1S/C12H9ClN2O4/c1-6(16)19-15-12(18)9-10(17)7-4-2-3-5-8(7)11(13)14-9/h2-5,17H,1H3,(H,15,18). The number of fused-ring (bicyclic) bond motifs is 1. The number of amides is 1. The fourth-order valence-corrected chi connectivity index (χ4v) is 1.78. The van der Waals surface area contributed by atoms with E-state index < -0.39 is 11.9 Å². The molecule has 6 nitrogen and oxygen atoms in total. The van der Waals surface area contributed by atoms with Crippen molar-refractivity contribution < 1.29 is 19.5 Å². The van der Waals surface area contributed by atoms with E-state index in [1.807, 2.05) is 5.48 Å². The second-order valence-electron chi connectivity index (χ2n) is 3.67. The number of halogens is 1. The SMILES string of the molecule is CC(=O)ONC(=O)c1nc(Cl)c2ccccc2c1O. The zero-order valence-corrected chi connectivity index (χ0v) is 10.6. The monoisotopic (exact) mass is 280 g/mol. The van der Waals surface area contributed by atoms with Crippen molar-refractivity contribution in [3.63, 3.8) is 0 Å². The molecule has 1 heterocycles. The van der Waals surface area contributed by atoms with Gasteiger partial charge in [0.1, 0.15) is 5.15 Å². The minimum Gasteiger partial charge on any atom is -0.505 e. The molecule has 0 radical (unpaired) electrons. The van der Waals surface area contributed by atoms with Gasteiger partial charge in [0.25, 0.3) is 0 Å². The molecule has 0 saturated carbocycles. The van der Waals surface area contributed by atoms with Gasteiger partial charge in [0.2, 0.25) is 0 Å². The molecule has 1 amide bonds. The molecule has 0 fully saturated rings. The van der Waals surface area contributed by atoms with E-state index >= 15 is 0 Å². The molecule has 1 aromatic carbocycles. The maximum absolute atomic E-state index is 11.7. The van der Waals surface area contributed by atoms with Gasteiger partial charge in [0, 0.05) is 17.7 Å². The van der Waals surface area contributed by atoms with E-state index in [0.29, 0.717) is 10.8 Å². The van der Waals surface area contributed by atoms with Crippen LogP contribution in [0.5, 0.6) is 5.75 Å². The first-order chi connectivity index (χ1) is 9.00. The number of benzene rings is 1. The van der Waals surface area contributed by atoms with Crippen LogP contribution in [-0.2, 0) is 9.63 Å². The smallest absolute Gasteiger partial charge is 0.329 e. The number of hydroxylamine groups is 1. The number of pyridine rings is 1. The van der Waals surface area contributed by atoms with Crippen molar-refractivity contribution in [3.8, 4) is 5.75 Å². The molecular weight excluding hydrogens is 272 g/mol.